The second-order valence-electron chi connectivity index (χ2n) is 5.35. The predicted molar refractivity (Wildman–Crippen MR) is 109 cm³/mol. The van der Waals surface area contributed by atoms with Gasteiger partial charge >= 0.3 is 5.97 Å². The number of ether oxygens (including phenoxy) is 1. The van der Waals surface area contributed by atoms with E-state index in [1.54, 1.807) is 6.20 Å². The van der Waals surface area contributed by atoms with E-state index >= 15 is 0 Å². The number of thioether (sulfide) groups is 1. The molecule has 0 aliphatic rings. The molecule has 28 heavy (non-hydrogen) atoms. The lowest BCUT2D eigenvalue weighted by Crippen LogP contribution is -2.45. The monoisotopic (exact) mass is 457 g/mol. The van der Waals surface area contributed by atoms with Crippen molar-refractivity contribution in [1.82, 2.24) is 20.6 Å². The number of esters is 1. The smallest absolute Gasteiger partial charge is 0.329 e. The first-order chi connectivity index (χ1) is 12.4. The molecule has 0 unspecified atom stereocenters. The minimum Gasteiger partial charge on any atom is -0.467 e. The summed E-state index contributed by atoms with van der Waals surface area (Å²) in [6.45, 7) is 1.42. The van der Waals surface area contributed by atoms with Gasteiger partial charge in [0.25, 0.3) is 0 Å². The van der Waals surface area contributed by atoms with Crippen molar-refractivity contribution in [2.75, 3.05) is 19.4 Å². The lowest BCUT2D eigenvalue weighted by atomic mass is 10.2. The second kappa shape index (κ2) is 15.1. The number of hydrogen-bond donors (Lipinski definition) is 4. The molecule has 1 heterocycles. The fourth-order valence-corrected chi connectivity index (χ4v) is 2.92. The number of methoxy groups -OCH3 is 1. The number of carbonyl (C=O) groups excluding carboxylic acids is 4. The van der Waals surface area contributed by atoms with Gasteiger partial charge in [-0.3, -0.25) is 14.4 Å². The van der Waals surface area contributed by atoms with Crippen LogP contribution in [0.2, 0.25) is 0 Å². The van der Waals surface area contributed by atoms with Gasteiger partial charge in [0.2, 0.25) is 16.9 Å². The van der Waals surface area contributed by atoms with Gasteiger partial charge in [-0.05, 0) is 0 Å². The highest BCUT2D eigenvalue weighted by atomic mass is 35.5. The summed E-state index contributed by atoms with van der Waals surface area (Å²) < 4.78 is 4.61. The maximum atomic E-state index is 12.5. The van der Waals surface area contributed by atoms with Gasteiger partial charge in [-0.15, -0.1) is 24.8 Å². The maximum Gasteiger partial charge on any atom is 0.329 e. The van der Waals surface area contributed by atoms with Gasteiger partial charge in [-0.25, -0.2) is 9.78 Å². The number of aromatic amines is 1. The van der Waals surface area contributed by atoms with E-state index in [2.05, 4.69) is 25.3 Å². The van der Waals surface area contributed by atoms with Crippen molar-refractivity contribution in [2.24, 2.45) is 5.73 Å². The van der Waals surface area contributed by atoms with Crippen molar-refractivity contribution in [2.45, 2.75) is 31.8 Å². The van der Waals surface area contributed by atoms with Crippen LogP contribution >= 0.6 is 36.6 Å². The summed E-state index contributed by atoms with van der Waals surface area (Å²) in [4.78, 5) is 54.0. The maximum absolute atomic E-state index is 12.5. The van der Waals surface area contributed by atoms with Crippen molar-refractivity contribution in [3.05, 3.63) is 18.2 Å². The minimum atomic E-state index is -0.959. The first kappa shape index (κ1) is 28.4. The lowest BCUT2D eigenvalue weighted by molar-refractivity contribution is -0.144. The van der Waals surface area contributed by atoms with E-state index in [1.165, 1.54) is 20.4 Å². The number of nitrogens with one attached hydrogen (secondary N) is 3. The molecule has 2 atom stereocenters. The van der Waals surface area contributed by atoms with E-state index in [0.717, 1.165) is 11.8 Å². The molecular weight excluding hydrogens is 433 g/mol. The summed E-state index contributed by atoms with van der Waals surface area (Å²) in [6, 6.07) is -1.78. The Morgan fingerprint density at radius 1 is 1.25 bits per heavy atom. The molecular formula is C15H25Cl2N5O5S. The van der Waals surface area contributed by atoms with Crippen LogP contribution in [0.25, 0.3) is 0 Å². The molecule has 13 heteroatoms. The van der Waals surface area contributed by atoms with Crippen molar-refractivity contribution in [3.63, 3.8) is 0 Å². The molecule has 0 fully saturated rings. The van der Waals surface area contributed by atoms with Crippen LogP contribution in [0, 0.1) is 0 Å². The fourth-order valence-electron chi connectivity index (χ4n) is 2.03. The third-order valence-electron chi connectivity index (χ3n) is 3.23. The quantitative estimate of drug-likeness (QED) is 0.344. The Morgan fingerprint density at radius 3 is 2.43 bits per heavy atom. The summed E-state index contributed by atoms with van der Waals surface area (Å²) in [7, 11) is 1.19. The lowest BCUT2D eigenvalue weighted by Gasteiger charge is -2.19. The SMILES string of the molecule is COC(=O)[C@H](CSC(=O)[C@H](Cc1cnc[nH]1)NC(=O)CCN)NC(C)=O.Cl.Cl. The van der Waals surface area contributed by atoms with Gasteiger partial charge < -0.3 is 26.1 Å². The number of H-pyrrole nitrogens is 1. The number of aromatic nitrogens is 2. The molecule has 1 rings (SSSR count). The minimum absolute atomic E-state index is 0. The van der Waals surface area contributed by atoms with Crippen LogP contribution in [0.5, 0.6) is 0 Å². The molecule has 160 valence electrons. The molecule has 1 aromatic heterocycles. The average molecular weight is 458 g/mol. The zero-order chi connectivity index (χ0) is 19.5. The van der Waals surface area contributed by atoms with Crippen LogP contribution < -0.4 is 16.4 Å². The van der Waals surface area contributed by atoms with E-state index in [0.29, 0.717) is 5.69 Å². The van der Waals surface area contributed by atoms with E-state index in [4.69, 9.17) is 5.73 Å². The van der Waals surface area contributed by atoms with Crippen LogP contribution in [0.4, 0.5) is 0 Å². The van der Waals surface area contributed by atoms with Gasteiger partial charge in [-0.2, -0.15) is 0 Å². The van der Waals surface area contributed by atoms with Crippen molar-refractivity contribution >= 4 is 59.5 Å². The highest BCUT2D eigenvalue weighted by Gasteiger charge is 2.26. The van der Waals surface area contributed by atoms with Crippen molar-refractivity contribution in [3.8, 4) is 0 Å². The summed E-state index contributed by atoms with van der Waals surface area (Å²) in [5, 5.41) is 4.69. The van der Waals surface area contributed by atoms with Crippen molar-refractivity contribution in [1.29, 1.82) is 0 Å². The molecule has 0 radical (unpaired) electrons. The van der Waals surface area contributed by atoms with Gasteiger partial charge in [-0.1, -0.05) is 11.8 Å². The molecule has 0 aliphatic carbocycles. The molecule has 0 aliphatic heterocycles. The standard InChI is InChI=1S/C15H23N5O5S.2ClH/c1-9(21)19-12(14(23)25-2)7-26-15(24)11(20-13(22)3-4-16)5-10-6-17-8-18-10;;/h6,8,11-12H,3-5,7,16H2,1-2H3,(H,17,18)(H,19,21)(H,20,22);2*1H/t11-,12-;;/m0../s1. The molecule has 0 spiro atoms. The fraction of sp³-hybridized carbons (Fsp3) is 0.533. The Bertz CT molecular complexity index is 632. The average Bonchev–Trinajstić information content (AvgIpc) is 3.10. The molecule has 0 bridgehead atoms. The molecule has 0 saturated heterocycles. The van der Waals surface area contributed by atoms with Gasteiger partial charge in [0.05, 0.1) is 13.4 Å². The van der Waals surface area contributed by atoms with Crippen LogP contribution in [-0.2, 0) is 30.3 Å². The molecule has 5 N–H and O–H groups in total. The van der Waals surface area contributed by atoms with Crippen LogP contribution in [0.15, 0.2) is 12.5 Å². The Hall–Kier alpha value is -1.82. The van der Waals surface area contributed by atoms with Crippen LogP contribution in [0.3, 0.4) is 0 Å². The molecule has 0 saturated carbocycles. The number of halogens is 2. The first-order valence-corrected chi connectivity index (χ1v) is 8.84. The summed E-state index contributed by atoms with van der Waals surface area (Å²) >= 11 is 0.826. The number of nitrogens with two attached hydrogens (primary N) is 1. The van der Waals surface area contributed by atoms with Gasteiger partial charge in [0.15, 0.2) is 0 Å². The van der Waals surface area contributed by atoms with E-state index < -0.39 is 24.0 Å². The zero-order valence-electron chi connectivity index (χ0n) is 15.4. The van der Waals surface area contributed by atoms with Gasteiger partial charge in [0, 0.05) is 44.0 Å². The van der Waals surface area contributed by atoms with Crippen LogP contribution in [-0.4, -0.2) is 64.4 Å². The number of nitrogens with zero attached hydrogens (tertiary/aromatic N) is 1. The Balaban J connectivity index is 0. The van der Waals surface area contributed by atoms with E-state index in [1.807, 2.05) is 0 Å². The van der Waals surface area contributed by atoms with Crippen LogP contribution in [0.1, 0.15) is 19.0 Å². The summed E-state index contributed by atoms with van der Waals surface area (Å²) in [5.41, 5.74) is 6.02. The molecule has 0 aromatic carbocycles. The Morgan fingerprint density at radius 2 is 1.93 bits per heavy atom. The third-order valence-corrected chi connectivity index (χ3v) is 4.29. The predicted octanol–water partition coefficient (Wildman–Crippen LogP) is -0.433. The normalized spacial score (nSPS) is 11.8. The highest BCUT2D eigenvalue weighted by Crippen LogP contribution is 2.12. The summed E-state index contributed by atoms with van der Waals surface area (Å²) in [5.74, 6) is -1.44. The summed E-state index contributed by atoms with van der Waals surface area (Å²) in [6.07, 6.45) is 3.32. The number of hydrogen-bond acceptors (Lipinski definition) is 8. The Kier molecular flexibility index (Phi) is 15.4. The zero-order valence-corrected chi connectivity index (χ0v) is 17.9. The first-order valence-electron chi connectivity index (χ1n) is 7.85. The van der Waals surface area contributed by atoms with Crippen molar-refractivity contribution < 1.29 is 23.9 Å². The van der Waals surface area contributed by atoms with Gasteiger partial charge in [0.1, 0.15) is 12.1 Å². The number of amides is 2. The largest absolute Gasteiger partial charge is 0.467 e. The Labute approximate surface area is 179 Å². The number of imidazole rings is 1. The topological polar surface area (TPSA) is 156 Å². The molecule has 1 aromatic rings. The van der Waals surface area contributed by atoms with E-state index in [-0.39, 0.29) is 61.0 Å². The highest BCUT2D eigenvalue weighted by molar-refractivity contribution is 8.13. The second-order valence-corrected chi connectivity index (χ2v) is 6.37. The molecule has 10 nitrogen and oxygen atoms in total. The third kappa shape index (κ3) is 10.5. The number of carbonyl (C=O) groups is 4. The molecule has 2 amide bonds. The number of rotatable bonds is 10. The van der Waals surface area contributed by atoms with E-state index in [9.17, 15) is 19.2 Å².